The van der Waals surface area contributed by atoms with Crippen LogP contribution in [0.4, 0.5) is 18.3 Å². The molecule has 0 radical (unpaired) electrons. The van der Waals surface area contributed by atoms with Crippen LogP contribution in [-0.2, 0) is 12.7 Å². The number of aromatic nitrogens is 1. The molecular weight excluding hydrogens is 317 g/mol. The average molecular weight is 328 g/mol. The molecule has 0 saturated carbocycles. The highest BCUT2D eigenvalue weighted by atomic mass is 32.1. The summed E-state index contributed by atoms with van der Waals surface area (Å²) in [5.41, 5.74) is 2.09. The van der Waals surface area contributed by atoms with E-state index in [1.165, 1.54) is 28.5 Å². The second kappa shape index (κ2) is 5.31. The van der Waals surface area contributed by atoms with Gasteiger partial charge in [-0.25, -0.2) is 4.98 Å². The lowest BCUT2D eigenvalue weighted by Crippen LogP contribution is -2.04. The van der Waals surface area contributed by atoms with Gasteiger partial charge in [0.2, 0.25) is 0 Å². The fourth-order valence-corrected chi connectivity index (χ4v) is 3.62. The van der Waals surface area contributed by atoms with Crippen LogP contribution in [-0.4, -0.2) is 4.98 Å². The third kappa shape index (κ3) is 3.03. The third-order valence-corrected chi connectivity index (χ3v) is 5.01. The van der Waals surface area contributed by atoms with Crippen molar-refractivity contribution in [2.45, 2.75) is 19.6 Å². The van der Waals surface area contributed by atoms with Crippen LogP contribution in [0.1, 0.15) is 16.7 Å². The Morgan fingerprint density at radius 2 is 2.05 bits per heavy atom. The molecule has 0 spiro atoms. The molecule has 2 heterocycles. The molecule has 1 aromatic carbocycles. The monoisotopic (exact) mass is 328 g/mol. The Morgan fingerprint density at radius 1 is 1.24 bits per heavy atom. The molecule has 0 amide bonds. The Hall–Kier alpha value is -1.60. The molecule has 0 aliphatic rings. The zero-order valence-corrected chi connectivity index (χ0v) is 12.6. The normalized spacial score (nSPS) is 12.0. The molecule has 2 aromatic heterocycles. The maximum Gasteiger partial charge on any atom is 0.416 e. The molecule has 3 aromatic rings. The summed E-state index contributed by atoms with van der Waals surface area (Å²) < 4.78 is 38.7. The Labute approximate surface area is 127 Å². The summed E-state index contributed by atoms with van der Waals surface area (Å²) in [5.74, 6) is 0. The van der Waals surface area contributed by atoms with E-state index >= 15 is 0 Å². The zero-order valence-electron chi connectivity index (χ0n) is 11.0. The minimum atomic E-state index is -4.33. The molecule has 2 nitrogen and oxygen atoms in total. The summed E-state index contributed by atoms with van der Waals surface area (Å²) >= 11 is 2.99. The maximum atomic E-state index is 12.7. The lowest BCUT2D eigenvalue weighted by molar-refractivity contribution is -0.137. The topological polar surface area (TPSA) is 24.9 Å². The summed E-state index contributed by atoms with van der Waals surface area (Å²) in [6.45, 7) is 2.66. The first kappa shape index (κ1) is 14.3. The number of hydrogen-bond acceptors (Lipinski definition) is 4. The number of hydrogen-bond donors (Lipinski definition) is 1. The number of alkyl halides is 3. The summed E-state index contributed by atoms with van der Waals surface area (Å²) in [5, 5.41) is 7.92. The van der Waals surface area contributed by atoms with Gasteiger partial charge in [0.15, 0.2) is 5.13 Å². The molecule has 0 atom stereocenters. The second-order valence-corrected chi connectivity index (χ2v) is 6.41. The molecule has 1 N–H and O–H groups in total. The van der Waals surface area contributed by atoms with Crippen molar-refractivity contribution in [3.05, 3.63) is 45.6 Å². The van der Waals surface area contributed by atoms with Crippen LogP contribution in [0.3, 0.4) is 0 Å². The Bertz CT molecular complexity index is 774. The minimum Gasteiger partial charge on any atom is -0.357 e. The van der Waals surface area contributed by atoms with E-state index in [2.05, 4.69) is 21.1 Å². The van der Waals surface area contributed by atoms with Crippen molar-refractivity contribution in [3.8, 4) is 0 Å². The minimum absolute atomic E-state index is 0.374. The molecule has 0 unspecified atom stereocenters. The number of halogens is 3. The first-order valence-electron chi connectivity index (χ1n) is 6.17. The number of nitrogens with one attached hydrogen (secondary N) is 1. The molecule has 7 heteroatoms. The van der Waals surface area contributed by atoms with Crippen molar-refractivity contribution >= 4 is 38.0 Å². The van der Waals surface area contributed by atoms with Crippen molar-refractivity contribution in [1.29, 1.82) is 0 Å². The molecule has 0 aliphatic heterocycles. The van der Waals surface area contributed by atoms with E-state index in [4.69, 9.17) is 0 Å². The van der Waals surface area contributed by atoms with Crippen molar-refractivity contribution < 1.29 is 13.2 Å². The number of fused-ring (bicyclic) bond motifs is 1. The number of nitrogens with zero attached hydrogens (tertiary/aromatic N) is 1. The quantitative estimate of drug-likeness (QED) is 0.706. The lowest BCUT2D eigenvalue weighted by atomic mass is 10.2. The largest absolute Gasteiger partial charge is 0.416 e. The highest BCUT2D eigenvalue weighted by Crippen LogP contribution is 2.34. The SMILES string of the molecule is Cc1cscc1CNc1nc2cc(C(F)(F)F)ccc2s1. The summed E-state index contributed by atoms with van der Waals surface area (Å²) in [7, 11) is 0. The number of benzene rings is 1. The molecule has 0 saturated heterocycles. The lowest BCUT2D eigenvalue weighted by Gasteiger charge is -2.04. The van der Waals surface area contributed by atoms with Crippen LogP contribution in [0, 0.1) is 6.92 Å². The number of aryl methyl sites for hydroxylation is 1. The van der Waals surface area contributed by atoms with Gasteiger partial charge in [-0.1, -0.05) is 11.3 Å². The van der Waals surface area contributed by atoms with Crippen LogP contribution < -0.4 is 5.32 Å². The Balaban J connectivity index is 1.82. The van der Waals surface area contributed by atoms with Gasteiger partial charge in [0.1, 0.15) is 0 Å². The van der Waals surface area contributed by atoms with E-state index in [9.17, 15) is 13.2 Å². The first-order valence-corrected chi connectivity index (χ1v) is 7.93. The summed E-state index contributed by atoms with van der Waals surface area (Å²) in [6, 6.07) is 3.65. The average Bonchev–Trinajstić information content (AvgIpc) is 2.99. The van der Waals surface area contributed by atoms with Crippen LogP contribution in [0.25, 0.3) is 10.2 Å². The predicted molar refractivity (Wildman–Crippen MR) is 81.0 cm³/mol. The summed E-state index contributed by atoms with van der Waals surface area (Å²) in [4.78, 5) is 4.23. The van der Waals surface area contributed by atoms with Crippen molar-refractivity contribution in [3.63, 3.8) is 0 Å². The van der Waals surface area contributed by atoms with Gasteiger partial charge in [0.05, 0.1) is 15.8 Å². The van der Waals surface area contributed by atoms with Crippen LogP contribution in [0.5, 0.6) is 0 Å². The Morgan fingerprint density at radius 3 is 2.71 bits per heavy atom. The standard InChI is InChI=1S/C14H11F3N2S2/c1-8-6-20-7-9(8)5-18-13-19-11-4-10(14(15,16)17)2-3-12(11)21-13/h2-4,6-7H,5H2,1H3,(H,18,19). The fourth-order valence-electron chi connectivity index (χ4n) is 1.92. The maximum absolute atomic E-state index is 12.7. The second-order valence-electron chi connectivity index (χ2n) is 4.63. The summed E-state index contributed by atoms with van der Waals surface area (Å²) in [6.07, 6.45) is -4.33. The van der Waals surface area contributed by atoms with Crippen LogP contribution in [0.15, 0.2) is 29.0 Å². The molecule has 0 fully saturated rings. The number of anilines is 1. The smallest absolute Gasteiger partial charge is 0.357 e. The van der Waals surface area contributed by atoms with E-state index in [-0.39, 0.29) is 0 Å². The van der Waals surface area contributed by atoms with Gasteiger partial charge in [-0.15, -0.1) is 0 Å². The molecular formula is C14H11F3N2S2. The Kier molecular flexibility index (Phi) is 3.62. The molecule has 0 aliphatic carbocycles. The number of rotatable bonds is 3. The van der Waals surface area contributed by atoms with Crippen LogP contribution >= 0.6 is 22.7 Å². The van der Waals surface area contributed by atoms with Gasteiger partial charge in [-0.2, -0.15) is 24.5 Å². The van der Waals surface area contributed by atoms with Crippen molar-refractivity contribution in [2.75, 3.05) is 5.32 Å². The molecule has 21 heavy (non-hydrogen) atoms. The van der Waals surface area contributed by atoms with E-state index in [1.54, 1.807) is 11.3 Å². The van der Waals surface area contributed by atoms with Crippen molar-refractivity contribution in [1.82, 2.24) is 4.98 Å². The number of thiazole rings is 1. The first-order chi connectivity index (χ1) is 9.93. The van der Waals surface area contributed by atoms with Gasteiger partial charge in [0.25, 0.3) is 0 Å². The number of thiophene rings is 1. The van der Waals surface area contributed by atoms with E-state index in [0.717, 1.165) is 16.8 Å². The van der Waals surface area contributed by atoms with Crippen LogP contribution in [0.2, 0.25) is 0 Å². The predicted octanol–water partition coefficient (Wildman–Crippen LogP) is 5.30. The van der Waals surface area contributed by atoms with E-state index < -0.39 is 11.7 Å². The van der Waals surface area contributed by atoms with Crippen molar-refractivity contribution in [2.24, 2.45) is 0 Å². The highest BCUT2D eigenvalue weighted by molar-refractivity contribution is 7.22. The third-order valence-electron chi connectivity index (χ3n) is 3.11. The van der Waals surface area contributed by atoms with Gasteiger partial charge >= 0.3 is 6.18 Å². The van der Waals surface area contributed by atoms with Gasteiger partial charge in [-0.05, 0) is 47.0 Å². The van der Waals surface area contributed by atoms with E-state index in [1.807, 2.05) is 6.92 Å². The zero-order chi connectivity index (χ0) is 15.0. The van der Waals surface area contributed by atoms with Gasteiger partial charge < -0.3 is 5.32 Å². The molecule has 110 valence electrons. The molecule has 3 rings (SSSR count). The fraction of sp³-hybridized carbons (Fsp3) is 0.214. The van der Waals surface area contributed by atoms with Gasteiger partial charge in [0, 0.05) is 6.54 Å². The molecule has 0 bridgehead atoms. The van der Waals surface area contributed by atoms with E-state index in [0.29, 0.717) is 17.2 Å². The highest BCUT2D eigenvalue weighted by Gasteiger charge is 2.30. The van der Waals surface area contributed by atoms with Gasteiger partial charge in [-0.3, -0.25) is 0 Å².